The van der Waals surface area contributed by atoms with Crippen molar-refractivity contribution in [3.8, 4) is 0 Å². The number of hydrogen-bond acceptors (Lipinski definition) is 8. The lowest BCUT2D eigenvalue weighted by Crippen LogP contribution is -2.44. The van der Waals surface area contributed by atoms with Gasteiger partial charge in [-0.2, -0.15) is 0 Å². The molecule has 0 saturated heterocycles. The number of alkyl carbamates (subject to hydrolysis) is 1. The van der Waals surface area contributed by atoms with Gasteiger partial charge in [-0.05, 0) is 28.8 Å². The average Bonchev–Trinajstić information content (AvgIpc) is 3.50. The Hall–Kier alpha value is -3.80. The summed E-state index contributed by atoms with van der Waals surface area (Å²) in [6.07, 6.45) is 7.26. The fraction of sp³-hybridized carbons (Fsp3) is 0.409. The number of nitrogens with one attached hydrogen (secondary N) is 1. The van der Waals surface area contributed by atoms with E-state index in [2.05, 4.69) is 25.8 Å². The molecule has 35 heavy (non-hydrogen) atoms. The van der Waals surface area contributed by atoms with Crippen molar-refractivity contribution in [2.75, 3.05) is 0 Å². The van der Waals surface area contributed by atoms with Crippen LogP contribution in [0.5, 0.6) is 0 Å². The van der Waals surface area contributed by atoms with Crippen molar-refractivity contribution in [2.45, 2.75) is 57.8 Å². The van der Waals surface area contributed by atoms with Gasteiger partial charge in [0.15, 0.2) is 11.6 Å². The van der Waals surface area contributed by atoms with Crippen LogP contribution in [0.25, 0.3) is 0 Å². The highest BCUT2D eigenvalue weighted by Crippen LogP contribution is 2.07. The summed E-state index contributed by atoms with van der Waals surface area (Å²) in [6.45, 7) is 0.610. The lowest BCUT2D eigenvalue weighted by Gasteiger charge is -2.16. The Balaban J connectivity index is 0.00000432. The predicted octanol–water partition coefficient (Wildman–Crippen LogP) is 2.04. The summed E-state index contributed by atoms with van der Waals surface area (Å²) in [5, 5.41) is 23.0. The molecule has 0 spiro atoms. The van der Waals surface area contributed by atoms with Gasteiger partial charge >= 0.3 is 12.1 Å². The lowest BCUT2D eigenvalue weighted by atomic mass is 10.1. The Kier molecular flexibility index (Phi) is 11.3. The minimum atomic E-state index is -1.27. The fourth-order valence-corrected chi connectivity index (χ4v) is 3.28. The molecule has 0 radical (unpaired) electrons. The van der Waals surface area contributed by atoms with Crippen LogP contribution in [0.1, 0.15) is 37.1 Å². The Morgan fingerprint density at radius 3 is 2.63 bits per heavy atom. The number of carboxylic acid groups (broad SMARTS) is 1. The first-order valence-corrected chi connectivity index (χ1v) is 10.9. The van der Waals surface area contributed by atoms with Gasteiger partial charge in [-0.1, -0.05) is 36.8 Å². The molecule has 2 aromatic heterocycles. The van der Waals surface area contributed by atoms with E-state index >= 15 is 0 Å². The number of amides is 1. The number of aromatic nitrogens is 6. The summed E-state index contributed by atoms with van der Waals surface area (Å²) in [6, 6.07) is 7.73. The molecule has 2 N–H and O–H groups in total. The molecule has 1 atom stereocenters. The zero-order valence-corrected chi connectivity index (χ0v) is 19.8. The van der Waals surface area contributed by atoms with Crippen LogP contribution in [-0.2, 0) is 40.4 Å². The van der Waals surface area contributed by atoms with Crippen molar-refractivity contribution in [3.63, 3.8) is 0 Å². The van der Waals surface area contributed by atoms with Gasteiger partial charge in [-0.25, -0.2) is 14.5 Å². The second kappa shape index (κ2) is 14.5. The van der Waals surface area contributed by atoms with Crippen LogP contribution >= 0.6 is 12.4 Å². The van der Waals surface area contributed by atoms with E-state index in [1.807, 2.05) is 16.8 Å². The van der Waals surface area contributed by atoms with E-state index < -0.39 is 30.3 Å². The number of imidazole rings is 1. The van der Waals surface area contributed by atoms with Gasteiger partial charge < -0.3 is 19.7 Å². The van der Waals surface area contributed by atoms with Crippen molar-refractivity contribution in [1.29, 1.82) is 0 Å². The number of carbonyl (C=O) groups is 3. The van der Waals surface area contributed by atoms with Crippen LogP contribution < -0.4 is 5.32 Å². The number of benzene rings is 1. The maximum absolute atomic E-state index is 12.8. The quantitative estimate of drug-likeness (QED) is 0.313. The number of nitrogens with zero attached hydrogens (tertiary/aromatic N) is 6. The second-order valence-electron chi connectivity index (χ2n) is 7.69. The molecular formula is C22H28ClN7O5. The first kappa shape index (κ1) is 27.4. The molecule has 188 valence electrons. The first-order valence-electron chi connectivity index (χ1n) is 10.9. The molecule has 13 heteroatoms. The van der Waals surface area contributed by atoms with Gasteiger partial charge in [0.25, 0.3) is 0 Å². The highest BCUT2D eigenvalue weighted by atomic mass is 35.5. The molecule has 0 aliphatic rings. The molecule has 1 unspecified atom stereocenters. The maximum atomic E-state index is 12.8. The topological polar surface area (TPSA) is 154 Å². The first-order chi connectivity index (χ1) is 16.5. The molecule has 0 aliphatic carbocycles. The molecule has 0 aliphatic heterocycles. The van der Waals surface area contributed by atoms with Crippen LogP contribution in [-0.4, -0.2) is 58.8 Å². The van der Waals surface area contributed by atoms with E-state index in [1.165, 1.54) is 4.68 Å². The molecule has 0 fully saturated rings. The van der Waals surface area contributed by atoms with Gasteiger partial charge in [0.05, 0.1) is 12.7 Å². The molecule has 12 nitrogen and oxygen atoms in total. The number of Topliss-reactive ketones (excluding diaryl/α,β-unsaturated/α-hetero) is 1. The minimum absolute atomic E-state index is 0. The van der Waals surface area contributed by atoms with Crippen LogP contribution in [0, 0.1) is 0 Å². The standard InChI is InChI=1S/C22H27N7O5.ClH/c30-19(18(13-21(31)32)24-22(33)34-15-17-7-3-1-4-8-17)14-29-20(25-26-27-29)9-5-2-6-11-28-12-10-23-16-28;/h1,3-4,7-8,10,12,16,18H,2,5-6,9,11,13-15H2,(H,24,33)(H,31,32);1H. The van der Waals surface area contributed by atoms with Crippen LogP contribution in [0.4, 0.5) is 4.79 Å². The van der Waals surface area contributed by atoms with E-state index in [-0.39, 0.29) is 25.6 Å². The molecule has 2 heterocycles. The monoisotopic (exact) mass is 505 g/mol. The third-order valence-electron chi connectivity index (χ3n) is 5.06. The summed E-state index contributed by atoms with van der Waals surface area (Å²) in [5.74, 6) is -1.24. The smallest absolute Gasteiger partial charge is 0.408 e. The zero-order chi connectivity index (χ0) is 24.2. The normalized spacial score (nSPS) is 11.3. The van der Waals surface area contributed by atoms with Gasteiger partial charge in [-0.3, -0.25) is 9.59 Å². The zero-order valence-electron chi connectivity index (χ0n) is 19.0. The number of aryl methyl sites for hydroxylation is 2. The predicted molar refractivity (Wildman–Crippen MR) is 126 cm³/mol. The van der Waals surface area contributed by atoms with E-state index in [0.717, 1.165) is 31.4 Å². The van der Waals surface area contributed by atoms with Crippen LogP contribution in [0.2, 0.25) is 0 Å². The summed E-state index contributed by atoms with van der Waals surface area (Å²) in [5.41, 5.74) is 0.766. The SMILES string of the molecule is Cl.O=C(O)CC(NC(=O)OCc1ccccc1)C(=O)Cn1nnnc1CCCCCn1ccnc1. The van der Waals surface area contributed by atoms with E-state index in [4.69, 9.17) is 4.74 Å². The Morgan fingerprint density at radius 2 is 1.91 bits per heavy atom. The number of hydrogen-bond donors (Lipinski definition) is 2. The maximum Gasteiger partial charge on any atom is 0.408 e. The number of tetrazole rings is 1. The Morgan fingerprint density at radius 1 is 1.11 bits per heavy atom. The van der Waals surface area contributed by atoms with Crippen molar-refractivity contribution in [1.82, 2.24) is 35.1 Å². The summed E-state index contributed by atoms with van der Waals surface area (Å²) in [7, 11) is 0. The second-order valence-corrected chi connectivity index (χ2v) is 7.69. The van der Waals surface area contributed by atoms with Crippen LogP contribution in [0.15, 0.2) is 49.1 Å². The largest absolute Gasteiger partial charge is 0.481 e. The lowest BCUT2D eigenvalue weighted by molar-refractivity contribution is -0.139. The van der Waals surface area contributed by atoms with Gasteiger partial charge in [0.1, 0.15) is 19.2 Å². The number of ether oxygens (including phenoxy) is 1. The molecule has 1 aromatic carbocycles. The number of unbranched alkanes of at least 4 members (excludes halogenated alkanes) is 2. The minimum Gasteiger partial charge on any atom is -0.481 e. The number of rotatable bonds is 14. The van der Waals surface area contributed by atoms with Gasteiger partial charge in [0, 0.05) is 25.4 Å². The molecule has 0 bridgehead atoms. The Bertz CT molecular complexity index is 1060. The fourth-order valence-electron chi connectivity index (χ4n) is 3.28. The highest BCUT2D eigenvalue weighted by molar-refractivity contribution is 5.90. The van der Waals surface area contributed by atoms with Crippen molar-refractivity contribution < 1.29 is 24.2 Å². The molecule has 3 aromatic rings. The summed E-state index contributed by atoms with van der Waals surface area (Å²) in [4.78, 5) is 40.1. The molecular weight excluding hydrogens is 478 g/mol. The number of aliphatic carboxylic acids is 1. The summed E-state index contributed by atoms with van der Waals surface area (Å²) < 4.78 is 8.44. The van der Waals surface area contributed by atoms with Crippen molar-refractivity contribution in [3.05, 3.63) is 60.4 Å². The molecule has 0 saturated carbocycles. The van der Waals surface area contributed by atoms with E-state index in [1.54, 1.807) is 36.8 Å². The average molecular weight is 506 g/mol. The Labute approximate surface area is 208 Å². The highest BCUT2D eigenvalue weighted by Gasteiger charge is 2.25. The number of ketones is 1. The van der Waals surface area contributed by atoms with Gasteiger partial charge in [0.2, 0.25) is 0 Å². The van der Waals surface area contributed by atoms with Gasteiger partial charge in [-0.15, -0.1) is 17.5 Å². The number of halogens is 1. The molecule has 1 amide bonds. The summed E-state index contributed by atoms with van der Waals surface area (Å²) >= 11 is 0. The third-order valence-corrected chi connectivity index (χ3v) is 5.06. The number of carboxylic acids is 1. The van der Waals surface area contributed by atoms with Crippen molar-refractivity contribution >= 4 is 30.3 Å². The number of carbonyl (C=O) groups excluding carboxylic acids is 2. The van der Waals surface area contributed by atoms with Crippen LogP contribution in [0.3, 0.4) is 0 Å². The third kappa shape index (κ3) is 9.53. The molecule has 3 rings (SSSR count). The van der Waals surface area contributed by atoms with E-state index in [9.17, 15) is 19.5 Å². The van der Waals surface area contributed by atoms with E-state index in [0.29, 0.717) is 12.2 Å². The van der Waals surface area contributed by atoms with Crippen molar-refractivity contribution in [2.24, 2.45) is 0 Å².